The molecular formula is C20H24N4O5. The van der Waals surface area contributed by atoms with Crippen molar-refractivity contribution < 1.29 is 19.2 Å². The fourth-order valence-corrected chi connectivity index (χ4v) is 2.78. The summed E-state index contributed by atoms with van der Waals surface area (Å²) in [6.07, 6.45) is 0.791. The topological polar surface area (TPSA) is 114 Å². The summed E-state index contributed by atoms with van der Waals surface area (Å²) < 4.78 is 5.12. The number of ether oxygens (including phenoxy) is 1. The summed E-state index contributed by atoms with van der Waals surface area (Å²) >= 11 is 0. The molecule has 29 heavy (non-hydrogen) atoms. The van der Waals surface area contributed by atoms with Gasteiger partial charge in [0.1, 0.15) is 5.75 Å². The van der Waals surface area contributed by atoms with E-state index in [1.54, 1.807) is 11.9 Å². The third kappa shape index (κ3) is 6.28. The zero-order valence-corrected chi connectivity index (χ0v) is 16.6. The summed E-state index contributed by atoms with van der Waals surface area (Å²) in [6.45, 7) is 1.94. The highest BCUT2D eigenvalue weighted by atomic mass is 16.6. The second kappa shape index (κ2) is 10.2. The number of benzene rings is 2. The SMILES string of the molecule is CCc1ccccc1NC(=O)CN(C)CC(=O)Nc1cc([N+](=O)[O-])ccc1OC. The van der Waals surface area contributed by atoms with E-state index in [-0.39, 0.29) is 30.4 Å². The van der Waals surface area contributed by atoms with Gasteiger partial charge in [-0.15, -0.1) is 0 Å². The van der Waals surface area contributed by atoms with Gasteiger partial charge in [0.05, 0.1) is 30.8 Å². The first kappa shape index (κ1) is 21.8. The monoisotopic (exact) mass is 400 g/mol. The van der Waals surface area contributed by atoms with E-state index in [1.165, 1.54) is 25.3 Å². The highest BCUT2D eigenvalue weighted by Gasteiger charge is 2.16. The molecule has 0 unspecified atom stereocenters. The molecule has 0 fully saturated rings. The van der Waals surface area contributed by atoms with Crippen molar-refractivity contribution in [2.75, 3.05) is 37.9 Å². The van der Waals surface area contributed by atoms with Crippen LogP contribution in [0.4, 0.5) is 17.1 Å². The van der Waals surface area contributed by atoms with Gasteiger partial charge in [-0.25, -0.2) is 0 Å². The van der Waals surface area contributed by atoms with Crippen molar-refractivity contribution >= 4 is 28.9 Å². The van der Waals surface area contributed by atoms with Crippen LogP contribution in [-0.4, -0.2) is 48.9 Å². The number of amides is 2. The average molecular weight is 400 g/mol. The Morgan fingerprint density at radius 3 is 2.28 bits per heavy atom. The highest BCUT2D eigenvalue weighted by molar-refractivity contribution is 5.96. The molecule has 9 nitrogen and oxygen atoms in total. The maximum absolute atomic E-state index is 12.3. The van der Waals surface area contributed by atoms with Crippen LogP contribution < -0.4 is 15.4 Å². The molecule has 0 bridgehead atoms. The first-order valence-electron chi connectivity index (χ1n) is 9.02. The molecule has 0 aromatic heterocycles. The predicted molar refractivity (Wildman–Crippen MR) is 110 cm³/mol. The molecule has 2 aromatic rings. The number of hydrogen-bond donors (Lipinski definition) is 2. The molecule has 2 N–H and O–H groups in total. The van der Waals surface area contributed by atoms with Crippen molar-refractivity contribution in [1.29, 1.82) is 0 Å². The number of nitrogens with zero attached hydrogens (tertiary/aromatic N) is 2. The molecule has 0 aliphatic heterocycles. The minimum Gasteiger partial charge on any atom is -0.495 e. The van der Waals surface area contributed by atoms with Gasteiger partial charge >= 0.3 is 0 Å². The van der Waals surface area contributed by atoms with Crippen LogP contribution in [-0.2, 0) is 16.0 Å². The van der Waals surface area contributed by atoms with E-state index in [0.717, 1.165) is 17.7 Å². The Hall–Kier alpha value is -3.46. The summed E-state index contributed by atoms with van der Waals surface area (Å²) in [5.41, 5.74) is 1.81. The van der Waals surface area contributed by atoms with E-state index in [4.69, 9.17) is 4.74 Å². The number of nitro benzene ring substituents is 1. The first-order valence-corrected chi connectivity index (χ1v) is 9.02. The maximum Gasteiger partial charge on any atom is 0.271 e. The van der Waals surface area contributed by atoms with Gasteiger partial charge in [-0.2, -0.15) is 0 Å². The van der Waals surface area contributed by atoms with Crippen LogP contribution in [0.25, 0.3) is 0 Å². The van der Waals surface area contributed by atoms with Crippen LogP contribution in [0.1, 0.15) is 12.5 Å². The molecule has 2 aromatic carbocycles. The Labute approximate surface area is 168 Å². The Balaban J connectivity index is 1.94. The minimum absolute atomic E-state index is 0.0114. The van der Waals surface area contributed by atoms with Gasteiger partial charge < -0.3 is 15.4 Å². The van der Waals surface area contributed by atoms with Crippen LogP contribution >= 0.6 is 0 Å². The van der Waals surface area contributed by atoms with Crippen molar-refractivity contribution in [2.24, 2.45) is 0 Å². The van der Waals surface area contributed by atoms with Gasteiger partial charge in [-0.3, -0.25) is 24.6 Å². The number of para-hydroxylation sites is 1. The lowest BCUT2D eigenvalue weighted by atomic mass is 10.1. The second-order valence-corrected chi connectivity index (χ2v) is 6.42. The van der Waals surface area contributed by atoms with Crippen molar-refractivity contribution in [1.82, 2.24) is 4.90 Å². The summed E-state index contributed by atoms with van der Waals surface area (Å²) in [6, 6.07) is 11.5. The lowest BCUT2D eigenvalue weighted by molar-refractivity contribution is -0.384. The highest BCUT2D eigenvalue weighted by Crippen LogP contribution is 2.28. The quantitative estimate of drug-likeness (QED) is 0.494. The third-order valence-electron chi connectivity index (χ3n) is 4.17. The van der Waals surface area contributed by atoms with Crippen molar-refractivity contribution in [3.05, 3.63) is 58.1 Å². The summed E-state index contributed by atoms with van der Waals surface area (Å²) in [5.74, 6) is -0.359. The second-order valence-electron chi connectivity index (χ2n) is 6.42. The van der Waals surface area contributed by atoms with Gasteiger partial charge in [0.25, 0.3) is 5.69 Å². The summed E-state index contributed by atoms with van der Waals surface area (Å²) in [5, 5.41) is 16.4. The van der Waals surface area contributed by atoms with Crippen LogP contribution in [0.2, 0.25) is 0 Å². The predicted octanol–water partition coefficient (Wildman–Crippen LogP) is 2.67. The van der Waals surface area contributed by atoms with Crippen LogP contribution in [0.3, 0.4) is 0 Å². The van der Waals surface area contributed by atoms with Gasteiger partial charge in [-0.1, -0.05) is 25.1 Å². The zero-order valence-electron chi connectivity index (χ0n) is 16.6. The molecule has 2 amide bonds. The van der Waals surface area contributed by atoms with E-state index in [9.17, 15) is 19.7 Å². The fourth-order valence-electron chi connectivity index (χ4n) is 2.78. The first-order chi connectivity index (χ1) is 13.8. The van der Waals surface area contributed by atoms with E-state index < -0.39 is 10.8 Å². The third-order valence-corrected chi connectivity index (χ3v) is 4.17. The van der Waals surface area contributed by atoms with Crippen molar-refractivity contribution in [3.63, 3.8) is 0 Å². The van der Waals surface area contributed by atoms with Gasteiger partial charge in [0.2, 0.25) is 11.8 Å². The molecule has 0 heterocycles. The molecule has 0 atom stereocenters. The lowest BCUT2D eigenvalue weighted by Gasteiger charge is -2.17. The molecule has 9 heteroatoms. The Morgan fingerprint density at radius 2 is 1.69 bits per heavy atom. The van der Waals surface area contributed by atoms with Gasteiger partial charge in [0, 0.05) is 17.8 Å². The lowest BCUT2D eigenvalue weighted by Crippen LogP contribution is -2.36. The normalized spacial score (nSPS) is 10.5. The molecule has 0 aliphatic rings. The standard InChI is InChI=1S/C20H24N4O5/c1-4-14-7-5-6-8-16(14)21-19(25)12-23(2)13-20(26)22-17-11-15(24(27)28)9-10-18(17)29-3/h5-11H,4,12-13H2,1-3H3,(H,21,25)(H,22,26). The number of carbonyl (C=O) groups is 2. The molecule has 154 valence electrons. The number of hydrogen-bond acceptors (Lipinski definition) is 6. The largest absolute Gasteiger partial charge is 0.495 e. The van der Waals surface area contributed by atoms with Crippen molar-refractivity contribution in [2.45, 2.75) is 13.3 Å². The fraction of sp³-hybridized carbons (Fsp3) is 0.300. The van der Waals surface area contributed by atoms with Crippen LogP contribution in [0.5, 0.6) is 5.75 Å². The molecule has 0 saturated carbocycles. The molecule has 0 aliphatic carbocycles. The van der Waals surface area contributed by atoms with Crippen LogP contribution in [0.15, 0.2) is 42.5 Å². The van der Waals surface area contributed by atoms with Gasteiger partial charge in [-0.05, 0) is 31.2 Å². The molecular weight excluding hydrogens is 376 g/mol. The zero-order chi connectivity index (χ0) is 21.4. The minimum atomic E-state index is -0.556. The number of non-ortho nitro benzene ring substituents is 1. The maximum atomic E-state index is 12.3. The molecule has 0 radical (unpaired) electrons. The Morgan fingerprint density at radius 1 is 1.07 bits per heavy atom. The van der Waals surface area contributed by atoms with E-state index in [0.29, 0.717) is 5.75 Å². The summed E-state index contributed by atoms with van der Waals surface area (Å²) in [7, 11) is 3.04. The Kier molecular flexibility index (Phi) is 7.67. The summed E-state index contributed by atoms with van der Waals surface area (Å²) in [4.78, 5) is 36.5. The smallest absolute Gasteiger partial charge is 0.271 e. The van der Waals surface area contributed by atoms with Crippen molar-refractivity contribution in [3.8, 4) is 5.75 Å². The molecule has 0 spiro atoms. The number of likely N-dealkylation sites (N-methyl/N-ethyl adjacent to an activating group) is 1. The number of methoxy groups -OCH3 is 1. The van der Waals surface area contributed by atoms with E-state index >= 15 is 0 Å². The number of nitrogens with one attached hydrogen (secondary N) is 2. The van der Waals surface area contributed by atoms with Gasteiger partial charge in [0.15, 0.2) is 0 Å². The van der Waals surface area contributed by atoms with Crippen LogP contribution in [0, 0.1) is 10.1 Å². The number of anilines is 2. The number of aryl methyl sites for hydroxylation is 1. The Bertz CT molecular complexity index is 900. The number of carbonyl (C=O) groups excluding carboxylic acids is 2. The molecule has 2 rings (SSSR count). The number of nitro groups is 1. The average Bonchev–Trinajstić information content (AvgIpc) is 2.67. The van der Waals surface area contributed by atoms with E-state index in [1.807, 2.05) is 31.2 Å². The number of rotatable bonds is 9. The molecule has 0 saturated heterocycles. The van der Waals surface area contributed by atoms with E-state index in [2.05, 4.69) is 10.6 Å².